The molecule has 0 aromatic heterocycles. The van der Waals surface area contributed by atoms with Crippen molar-refractivity contribution in [3.63, 3.8) is 0 Å². The molecule has 2 bridgehead atoms. The summed E-state index contributed by atoms with van der Waals surface area (Å²) in [5.74, 6) is 0.139. The number of hydrogen-bond acceptors (Lipinski definition) is 3. The highest BCUT2D eigenvalue weighted by molar-refractivity contribution is 6.26. The van der Waals surface area contributed by atoms with Gasteiger partial charge in [0.15, 0.2) is 5.78 Å². The third kappa shape index (κ3) is 1.96. The first-order valence-electron chi connectivity index (χ1n) is 8.82. The van der Waals surface area contributed by atoms with Gasteiger partial charge in [-0.3, -0.25) is 4.79 Å². The smallest absolute Gasteiger partial charge is 0.173 e. The summed E-state index contributed by atoms with van der Waals surface area (Å²) in [5.41, 5.74) is 5.15. The fraction of sp³-hybridized carbons (Fsp3) is 0.550. The summed E-state index contributed by atoms with van der Waals surface area (Å²) in [6.45, 7) is 6.32. The molecule has 0 unspecified atom stereocenters. The summed E-state index contributed by atoms with van der Waals surface area (Å²) >= 11 is 0. The molecule has 1 N–H and O–H groups in total. The highest BCUT2D eigenvalue weighted by Gasteiger charge is 2.59. The van der Waals surface area contributed by atoms with Crippen LogP contribution in [0.25, 0.3) is 5.57 Å². The van der Waals surface area contributed by atoms with E-state index < -0.39 is 0 Å². The van der Waals surface area contributed by atoms with Crippen molar-refractivity contribution in [3.05, 3.63) is 40.1 Å². The zero-order valence-corrected chi connectivity index (χ0v) is 14.1. The second kappa shape index (κ2) is 5.20. The van der Waals surface area contributed by atoms with E-state index in [0.29, 0.717) is 11.3 Å². The monoisotopic (exact) mass is 312 g/mol. The number of ether oxygens (including phenoxy) is 1. The average molecular weight is 312 g/mol. The van der Waals surface area contributed by atoms with Gasteiger partial charge in [-0.25, -0.2) is 0 Å². The normalized spacial score (nSPS) is 32.0. The molecule has 0 amide bonds. The van der Waals surface area contributed by atoms with Crippen LogP contribution in [0.5, 0.6) is 0 Å². The van der Waals surface area contributed by atoms with Gasteiger partial charge in [0, 0.05) is 0 Å². The SMILES string of the molecule is CCc1cc(C)cc(CC)c1C1=C(O)[C@H]2[C@@H](C1=O)[C@@H]1CC[C@H]2O1. The number of aryl methyl sites for hydroxylation is 3. The van der Waals surface area contributed by atoms with Crippen LogP contribution in [0.4, 0.5) is 0 Å². The lowest BCUT2D eigenvalue weighted by Gasteiger charge is -2.19. The van der Waals surface area contributed by atoms with Crippen LogP contribution in [0.3, 0.4) is 0 Å². The molecule has 3 heteroatoms. The fourth-order valence-electron chi connectivity index (χ4n) is 4.89. The molecule has 0 radical (unpaired) electrons. The van der Waals surface area contributed by atoms with E-state index in [-0.39, 0.29) is 29.8 Å². The van der Waals surface area contributed by atoms with E-state index >= 15 is 0 Å². The third-order valence-corrected chi connectivity index (χ3v) is 5.85. The van der Waals surface area contributed by atoms with E-state index in [2.05, 4.69) is 32.9 Å². The minimum atomic E-state index is -0.153. The minimum Gasteiger partial charge on any atom is -0.511 e. The summed E-state index contributed by atoms with van der Waals surface area (Å²) in [4.78, 5) is 13.1. The van der Waals surface area contributed by atoms with Gasteiger partial charge >= 0.3 is 0 Å². The van der Waals surface area contributed by atoms with E-state index in [1.54, 1.807) is 0 Å². The maximum absolute atomic E-state index is 13.1. The first kappa shape index (κ1) is 14.9. The number of carbonyl (C=O) groups is 1. The number of Topliss-reactive ketones (excluding diaryl/α,β-unsaturated/α-hetero) is 1. The van der Waals surface area contributed by atoms with Crippen LogP contribution in [-0.2, 0) is 22.4 Å². The number of allylic oxidation sites excluding steroid dienone is 1. The second-order valence-electron chi connectivity index (χ2n) is 7.13. The maximum atomic E-state index is 13.1. The molecule has 122 valence electrons. The molecule has 2 aliphatic heterocycles. The van der Waals surface area contributed by atoms with Crippen LogP contribution in [0.2, 0.25) is 0 Å². The number of benzene rings is 1. The number of carbonyl (C=O) groups excluding carboxylic acids is 1. The Hall–Kier alpha value is -1.61. The number of aliphatic hydroxyl groups excluding tert-OH is 1. The standard InChI is InChI=1S/C20H24O3/c1-4-11-8-10(3)9-12(5-2)15(11)18-19(21)16-13-6-7-14(23-13)17(16)20(18)22/h8-9,13-14,16-17,21H,4-7H2,1-3H3/t13-,14+,16-,17+/m1/s1. The highest BCUT2D eigenvalue weighted by Crippen LogP contribution is 2.54. The Labute approximate surface area is 137 Å². The maximum Gasteiger partial charge on any atom is 0.173 e. The lowest BCUT2D eigenvalue weighted by molar-refractivity contribution is -0.118. The van der Waals surface area contributed by atoms with E-state index in [0.717, 1.165) is 31.2 Å². The van der Waals surface area contributed by atoms with Gasteiger partial charge in [-0.15, -0.1) is 0 Å². The van der Waals surface area contributed by atoms with Gasteiger partial charge in [0.2, 0.25) is 0 Å². The van der Waals surface area contributed by atoms with Crippen molar-refractivity contribution < 1.29 is 14.6 Å². The van der Waals surface area contributed by atoms with Crippen molar-refractivity contribution in [3.8, 4) is 0 Å². The van der Waals surface area contributed by atoms with Gasteiger partial charge in [0.25, 0.3) is 0 Å². The number of ketones is 1. The Morgan fingerprint density at radius 3 is 2.17 bits per heavy atom. The highest BCUT2D eigenvalue weighted by atomic mass is 16.5. The third-order valence-electron chi connectivity index (χ3n) is 5.85. The van der Waals surface area contributed by atoms with Crippen LogP contribution in [0.15, 0.2) is 17.9 Å². The van der Waals surface area contributed by atoms with E-state index in [4.69, 9.17) is 4.74 Å². The van der Waals surface area contributed by atoms with Crippen molar-refractivity contribution in [1.29, 1.82) is 0 Å². The van der Waals surface area contributed by atoms with E-state index in [1.807, 2.05) is 0 Å². The van der Waals surface area contributed by atoms with E-state index in [1.165, 1.54) is 16.7 Å². The van der Waals surface area contributed by atoms with Crippen molar-refractivity contribution >= 4 is 11.4 Å². The molecule has 3 aliphatic rings. The molecule has 0 saturated carbocycles. The molecule has 2 saturated heterocycles. The van der Waals surface area contributed by atoms with Crippen LogP contribution >= 0.6 is 0 Å². The Balaban J connectivity index is 1.90. The van der Waals surface area contributed by atoms with Crippen LogP contribution in [-0.4, -0.2) is 23.1 Å². The first-order valence-corrected chi connectivity index (χ1v) is 8.82. The van der Waals surface area contributed by atoms with Crippen LogP contribution in [0.1, 0.15) is 48.9 Å². The summed E-state index contributed by atoms with van der Waals surface area (Å²) in [5, 5.41) is 10.9. The molecule has 3 nitrogen and oxygen atoms in total. The van der Waals surface area contributed by atoms with Gasteiger partial charge in [-0.2, -0.15) is 0 Å². The summed E-state index contributed by atoms with van der Waals surface area (Å²) in [6, 6.07) is 4.31. The zero-order valence-electron chi connectivity index (χ0n) is 14.1. The Morgan fingerprint density at radius 1 is 1.09 bits per heavy atom. The molecule has 1 aromatic rings. The molecular formula is C20H24O3. The zero-order chi connectivity index (χ0) is 16.3. The topological polar surface area (TPSA) is 46.5 Å². The van der Waals surface area contributed by atoms with Gasteiger partial charge in [0.05, 0.1) is 29.6 Å². The minimum absolute atomic E-state index is 0.0118. The van der Waals surface area contributed by atoms with Crippen molar-refractivity contribution in [2.45, 2.75) is 58.7 Å². The number of aliphatic hydroxyl groups is 1. The first-order chi connectivity index (χ1) is 11.1. The van der Waals surface area contributed by atoms with Crippen molar-refractivity contribution in [2.75, 3.05) is 0 Å². The van der Waals surface area contributed by atoms with Crippen molar-refractivity contribution in [2.24, 2.45) is 11.8 Å². The molecule has 23 heavy (non-hydrogen) atoms. The molecule has 2 fully saturated rings. The second-order valence-corrected chi connectivity index (χ2v) is 7.13. The number of rotatable bonds is 3. The van der Waals surface area contributed by atoms with Crippen molar-refractivity contribution in [1.82, 2.24) is 0 Å². The lowest BCUT2D eigenvalue weighted by atomic mass is 9.80. The predicted molar refractivity (Wildman–Crippen MR) is 89.4 cm³/mol. The van der Waals surface area contributed by atoms with Gasteiger partial charge < -0.3 is 9.84 Å². The number of fused-ring (bicyclic) bond motifs is 5. The average Bonchev–Trinajstić information content (AvgIpc) is 3.21. The van der Waals surface area contributed by atoms with Gasteiger partial charge in [0.1, 0.15) is 5.76 Å². The van der Waals surface area contributed by atoms with E-state index in [9.17, 15) is 9.90 Å². The quantitative estimate of drug-likeness (QED) is 0.924. The fourth-order valence-corrected chi connectivity index (χ4v) is 4.89. The number of hydrogen-bond donors (Lipinski definition) is 1. The molecule has 4 atom stereocenters. The summed E-state index contributed by atoms with van der Waals surface area (Å²) in [6.07, 6.45) is 3.70. The molecule has 0 spiro atoms. The Morgan fingerprint density at radius 2 is 1.65 bits per heavy atom. The summed E-state index contributed by atoms with van der Waals surface area (Å²) < 4.78 is 5.88. The molecule has 2 heterocycles. The largest absolute Gasteiger partial charge is 0.511 e. The molecule has 1 aromatic carbocycles. The molecular weight excluding hydrogens is 288 g/mol. The summed E-state index contributed by atoms with van der Waals surface area (Å²) in [7, 11) is 0. The lowest BCUT2D eigenvalue weighted by Crippen LogP contribution is -2.29. The van der Waals surface area contributed by atoms with Crippen LogP contribution in [0, 0.1) is 18.8 Å². The molecule has 4 rings (SSSR count). The molecule has 1 aliphatic carbocycles. The Bertz CT molecular complexity index is 691. The Kier molecular flexibility index (Phi) is 3.38. The van der Waals surface area contributed by atoms with Gasteiger partial charge in [-0.05, 0) is 49.3 Å². The predicted octanol–water partition coefficient (Wildman–Crippen LogP) is 3.77. The van der Waals surface area contributed by atoms with Crippen LogP contribution < -0.4 is 0 Å². The van der Waals surface area contributed by atoms with Gasteiger partial charge in [-0.1, -0.05) is 31.5 Å².